The molecule has 90 valence electrons. The van der Waals surface area contributed by atoms with Gasteiger partial charge in [-0.3, -0.25) is 0 Å². The van der Waals surface area contributed by atoms with Crippen molar-refractivity contribution in [3.63, 3.8) is 0 Å². The Morgan fingerprint density at radius 2 is 2.00 bits per heavy atom. The third-order valence-electron chi connectivity index (χ3n) is 2.44. The van der Waals surface area contributed by atoms with E-state index in [1.54, 1.807) is 13.8 Å². The van der Waals surface area contributed by atoms with Gasteiger partial charge in [0, 0.05) is 6.07 Å². The predicted octanol–water partition coefficient (Wildman–Crippen LogP) is 2.07. The smallest absolute Gasteiger partial charge is 0.251 e. The molecule has 0 amide bonds. The first kappa shape index (κ1) is 12.8. The van der Waals surface area contributed by atoms with Gasteiger partial charge in [0.05, 0.1) is 12.1 Å². The summed E-state index contributed by atoms with van der Waals surface area (Å²) in [6.07, 6.45) is 0.476. The summed E-state index contributed by atoms with van der Waals surface area (Å²) in [6.45, 7) is 3.11. The van der Waals surface area contributed by atoms with E-state index in [1.165, 1.54) is 0 Å². The van der Waals surface area contributed by atoms with Crippen LogP contribution in [0.2, 0.25) is 0 Å². The van der Waals surface area contributed by atoms with E-state index in [0.29, 0.717) is 12.5 Å². The molecule has 0 saturated heterocycles. The Balaban J connectivity index is 3.01. The van der Waals surface area contributed by atoms with Crippen molar-refractivity contribution in [3.8, 4) is 0 Å². The van der Waals surface area contributed by atoms with Gasteiger partial charge in [0.1, 0.15) is 0 Å². The molecule has 1 aromatic heterocycles. The lowest BCUT2D eigenvalue weighted by Gasteiger charge is -2.27. The molecule has 0 aliphatic carbocycles. The summed E-state index contributed by atoms with van der Waals surface area (Å²) in [5.74, 6) is -4.12. The number of hydrogen-bond donors (Lipinski definition) is 2. The van der Waals surface area contributed by atoms with Gasteiger partial charge in [-0.15, -0.1) is 0 Å². The van der Waals surface area contributed by atoms with E-state index < -0.39 is 28.9 Å². The van der Waals surface area contributed by atoms with Crippen molar-refractivity contribution < 1.29 is 18.3 Å². The van der Waals surface area contributed by atoms with Crippen LogP contribution in [0.25, 0.3) is 0 Å². The first-order chi connectivity index (χ1) is 7.41. The first-order valence-corrected chi connectivity index (χ1v) is 4.82. The van der Waals surface area contributed by atoms with Crippen LogP contribution in [0.1, 0.15) is 20.3 Å². The van der Waals surface area contributed by atoms with Crippen molar-refractivity contribution in [1.29, 1.82) is 0 Å². The van der Waals surface area contributed by atoms with Gasteiger partial charge in [0.25, 0.3) is 5.95 Å². The lowest BCUT2D eigenvalue weighted by Crippen LogP contribution is -2.38. The molecule has 0 spiro atoms. The van der Waals surface area contributed by atoms with Gasteiger partial charge in [0.2, 0.25) is 0 Å². The monoisotopic (exact) mass is 234 g/mol. The Morgan fingerprint density at radius 3 is 2.50 bits per heavy atom. The lowest BCUT2D eigenvalue weighted by molar-refractivity contribution is 0.218. The van der Waals surface area contributed by atoms with Crippen LogP contribution in [0.3, 0.4) is 0 Å². The van der Waals surface area contributed by atoms with E-state index >= 15 is 0 Å². The van der Waals surface area contributed by atoms with Gasteiger partial charge in [-0.2, -0.15) is 9.37 Å². The second kappa shape index (κ2) is 4.69. The Bertz CT molecular complexity index is 381. The summed E-state index contributed by atoms with van der Waals surface area (Å²) in [5.41, 5.74) is -0.821. The molecule has 1 unspecified atom stereocenters. The molecule has 1 heterocycles. The van der Waals surface area contributed by atoms with E-state index in [2.05, 4.69) is 10.3 Å². The third-order valence-corrected chi connectivity index (χ3v) is 2.44. The normalized spacial score (nSPS) is 14.6. The summed E-state index contributed by atoms with van der Waals surface area (Å²) < 4.78 is 38.6. The van der Waals surface area contributed by atoms with Gasteiger partial charge in [-0.05, 0) is 13.3 Å². The Labute approximate surface area is 91.3 Å². The molecule has 6 heteroatoms. The maximum atomic E-state index is 13.2. The molecule has 2 N–H and O–H groups in total. The highest BCUT2D eigenvalue weighted by Gasteiger charge is 2.23. The number of nitrogens with zero attached hydrogens (tertiary/aromatic N) is 1. The summed E-state index contributed by atoms with van der Waals surface area (Å²) in [4.78, 5) is 3.11. The van der Waals surface area contributed by atoms with Crippen LogP contribution in [0.4, 0.5) is 19.0 Å². The van der Waals surface area contributed by atoms with Crippen LogP contribution in [0, 0.1) is 17.6 Å². The highest BCUT2D eigenvalue weighted by atomic mass is 19.2. The Hall–Kier alpha value is -1.30. The van der Waals surface area contributed by atoms with Gasteiger partial charge < -0.3 is 10.4 Å². The van der Waals surface area contributed by atoms with Crippen molar-refractivity contribution in [2.75, 3.05) is 11.9 Å². The summed E-state index contributed by atoms with van der Waals surface area (Å²) in [5, 5.41) is 11.6. The molecule has 0 bridgehead atoms. The average Bonchev–Trinajstić information content (AvgIpc) is 2.25. The van der Waals surface area contributed by atoms with E-state index in [9.17, 15) is 13.2 Å². The van der Waals surface area contributed by atoms with Crippen LogP contribution >= 0.6 is 0 Å². The molecule has 0 aromatic carbocycles. The standard InChI is InChI=1S/C10H13F3N2O/c1-3-10(2,5-16)15-9-7(12)4-6(11)8(13)14-9/h4,16H,3,5H2,1-2H3,(H,14,15). The Morgan fingerprint density at radius 1 is 1.38 bits per heavy atom. The number of aliphatic hydroxyl groups excluding tert-OH is 1. The van der Waals surface area contributed by atoms with Crippen LogP contribution in [0.5, 0.6) is 0 Å². The largest absolute Gasteiger partial charge is 0.394 e. The van der Waals surface area contributed by atoms with Crippen LogP contribution in [-0.2, 0) is 0 Å². The maximum absolute atomic E-state index is 13.2. The van der Waals surface area contributed by atoms with Crippen molar-refractivity contribution >= 4 is 5.82 Å². The minimum absolute atomic E-state index is 0.274. The van der Waals surface area contributed by atoms with E-state index in [4.69, 9.17) is 5.11 Å². The van der Waals surface area contributed by atoms with Gasteiger partial charge >= 0.3 is 0 Å². The SMILES string of the molecule is CCC(C)(CO)Nc1nc(F)c(F)cc1F. The zero-order valence-corrected chi connectivity index (χ0v) is 9.02. The van der Waals surface area contributed by atoms with Gasteiger partial charge in [-0.1, -0.05) is 6.92 Å². The molecule has 16 heavy (non-hydrogen) atoms. The molecule has 0 radical (unpaired) electrons. The molecule has 0 aliphatic rings. The molecule has 1 atom stereocenters. The molecule has 1 aromatic rings. The molecular formula is C10H13F3N2O. The molecule has 1 rings (SSSR count). The fourth-order valence-electron chi connectivity index (χ4n) is 1.06. The predicted molar refractivity (Wildman–Crippen MR) is 53.5 cm³/mol. The Kier molecular flexibility index (Phi) is 3.74. The minimum atomic E-state index is -1.37. The maximum Gasteiger partial charge on any atom is 0.251 e. The number of rotatable bonds is 4. The van der Waals surface area contributed by atoms with Crippen molar-refractivity contribution in [3.05, 3.63) is 23.6 Å². The lowest BCUT2D eigenvalue weighted by atomic mass is 10.0. The van der Waals surface area contributed by atoms with Crippen molar-refractivity contribution in [2.45, 2.75) is 25.8 Å². The van der Waals surface area contributed by atoms with E-state index in [-0.39, 0.29) is 6.61 Å². The topological polar surface area (TPSA) is 45.1 Å². The quantitative estimate of drug-likeness (QED) is 0.784. The molecule has 0 saturated carbocycles. The van der Waals surface area contributed by atoms with Gasteiger partial charge in [-0.25, -0.2) is 8.78 Å². The van der Waals surface area contributed by atoms with Crippen LogP contribution in [-0.4, -0.2) is 22.2 Å². The number of nitrogens with one attached hydrogen (secondary N) is 1. The molecule has 0 fully saturated rings. The van der Waals surface area contributed by atoms with Gasteiger partial charge in [0.15, 0.2) is 17.5 Å². The fraction of sp³-hybridized carbons (Fsp3) is 0.500. The van der Waals surface area contributed by atoms with Crippen LogP contribution < -0.4 is 5.32 Å². The summed E-state index contributed by atoms with van der Waals surface area (Å²) >= 11 is 0. The minimum Gasteiger partial charge on any atom is -0.394 e. The number of aromatic nitrogens is 1. The zero-order valence-electron chi connectivity index (χ0n) is 9.02. The fourth-order valence-corrected chi connectivity index (χ4v) is 1.06. The average molecular weight is 234 g/mol. The zero-order chi connectivity index (χ0) is 12.3. The number of halogens is 3. The van der Waals surface area contributed by atoms with Crippen molar-refractivity contribution in [1.82, 2.24) is 4.98 Å². The number of aliphatic hydroxyl groups is 1. The highest BCUT2D eigenvalue weighted by molar-refractivity contribution is 5.39. The highest BCUT2D eigenvalue weighted by Crippen LogP contribution is 2.20. The van der Waals surface area contributed by atoms with Crippen LogP contribution in [0.15, 0.2) is 6.07 Å². The summed E-state index contributed by atoms with van der Waals surface area (Å²) in [7, 11) is 0. The molecule has 3 nitrogen and oxygen atoms in total. The van der Waals surface area contributed by atoms with E-state index in [0.717, 1.165) is 0 Å². The van der Waals surface area contributed by atoms with E-state index in [1.807, 2.05) is 0 Å². The second-order valence-electron chi connectivity index (χ2n) is 3.79. The molecular weight excluding hydrogens is 221 g/mol. The van der Waals surface area contributed by atoms with Crippen molar-refractivity contribution in [2.24, 2.45) is 0 Å². The summed E-state index contributed by atoms with van der Waals surface area (Å²) in [6, 6.07) is 0.415. The second-order valence-corrected chi connectivity index (χ2v) is 3.79. The molecule has 0 aliphatic heterocycles. The first-order valence-electron chi connectivity index (χ1n) is 4.82. The third kappa shape index (κ3) is 2.63. The number of hydrogen-bond acceptors (Lipinski definition) is 3. The number of anilines is 1. The number of pyridine rings is 1.